The molecule has 0 aromatic carbocycles. The van der Waals surface area contributed by atoms with Gasteiger partial charge in [0, 0.05) is 27.1 Å². The molecule has 0 spiro atoms. The maximum absolute atomic E-state index is 11.3. The van der Waals surface area contributed by atoms with Gasteiger partial charge in [-0.2, -0.15) is 0 Å². The highest BCUT2D eigenvalue weighted by atomic mass is 16.3. The molecule has 88 valence electrons. The number of aliphatic hydroxyl groups excluding tert-OH is 1. The molecule has 0 radical (unpaired) electrons. The van der Waals surface area contributed by atoms with Crippen molar-refractivity contribution in [2.75, 3.05) is 26.7 Å². The molecular formula is C10H20N2O3. The molecule has 1 atom stereocenters. The highest BCUT2D eigenvalue weighted by molar-refractivity contribution is 5.83. The van der Waals surface area contributed by atoms with Crippen molar-refractivity contribution in [1.29, 1.82) is 0 Å². The average molecular weight is 216 g/mol. The number of aliphatic hydroxyl groups is 1. The van der Waals surface area contributed by atoms with Crippen LogP contribution in [-0.4, -0.2) is 48.6 Å². The monoisotopic (exact) mass is 216 g/mol. The maximum atomic E-state index is 11.3. The van der Waals surface area contributed by atoms with E-state index in [0.29, 0.717) is 13.0 Å². The first-order valence-corrected chi connectivity index (χ1v) is 5.06. The summed E-state index contributed by atoms with van der Waals surface area (Å²) in [5.41, 5.74) is 0. The molecule has 0 rings (SSSR count). The van der Waals surface area contributed by atoms with Crippen LogP contribution in [0, 0.1) is 5.92 Å². The van der Waals surface area contributed by atoms with Gasteiger partial charge in [0.2, 0.25) is 11.8 Å². The fraction of sp³-hybridized carbons (Fsp3) is 0.800. The zero-order chi connectivity index (χ0) is 11.8. The second kappa shape index (κ2) is 7.23. The second-order valence-electron chi connectivity index (χ2n) is 3.80. The quantitative estimate of drug-likeness (QED) is 0.634. The standard InChI is InChI=1S/C10H20N2O3/c1-8(4-5-13)6-11-10(15)7-12(3)9(2)14/h8,13H,4-7H2,1-3H3,(H,11,15). The van der Waals surface area contributed by atoms with Crippen LogP contribution in [0.3, 0.4) is 0 Å². The minimum Gasteiger partial charge on any atom is -0.396 e. The minimum atomic E-state index is -0.169. The van der Waals surface area contributed by atoms with Crippen LogP contribution < -0.4 is 5.32 Å². The van der Waals surface area contributed by atoms with E-state index in [1.54, 1.807) is 7.05 Å². The molecule has 0 aliphatic carbocycles. The van der Waals surface area contributed by atoms with Crippen molar-refractivity contribution in [2.24, 2.45) is 5.92 Å². The third-order valence-corrected chi connectivity index (χ3v) is 2.19. The molecule has 1 unspecified atom stereocenters. The van der Waals surface area contributed by atoms with Crippen molar-refractivity contribution in [3.05, 3.63) is 0 Å². The van der Waals surface area contributed by atoms with E-state index in [2.05, 4.69) is 5.32 Å². The van der Waals surface area contributed by atoms with Gasteiger partial charge in [0.25, 0.3) is 0 Å². The van der Waals surface area contributed by atoms with Crippen molar-refractivity contribution >= 4 is 11.8 Å². The molecule has 0 saturated carbocycles. The fourth-order valence-electron chi connectivity index (χ4n) is 0.993. The summed E-state index contributed by atoms with van der Waals surface area (Å²) in [6.07, 6.45) is 0.669. The fourth-order valence-corrected chi connectivity index (χ4v) is 0.993. The Morgan fingerprint density at radius 1 is 1.47 bits per heavy atom. The van der Waals surface area contributed by atoms with Crippen molar-refractivity contribution in [2.45, 2.75) is 20.3 Å². The highest BCUT2D eigenvalue weighted by Crippen LogP contribution is 1.97. The Labute approximate surface area is 90.5 Å². The summed E-state index contributed by atoms with van der Waals surface area (Å²) in [6, 6.07) is 0. The molecule has 0 saturated heterocycles. The van der Waals surface area contributed by atoms with Gasteiger partial charge in [-0.1, -0.05) is 6.92 Å². The summed E-state index contributed by atoms with van der Waals surface area (Å²) >= 11 is 0. The summed E-state index contributed by atoms with van der Waals surface area (Å²) in [7, 11) is 1.58. The van der Waals surface area contributed by atoms with E-state index in [1.807, 2.05) is 6.92 Å². The Kier molecular flexibility index (Phi) is 6.70. The zero-order valence-electron chi connectivity index (χ0n) is 9.62. The van der Waals surface area contributed by atoms with E-state index in [0.717, 1.165) is 0 Å². The molecule has 5 heteroatoms. The van der Waals surface area contributed by atoms with Crippen molar-refractivity contribution in [3.8, 4) is 0 Å². The number of carbonyl (C=O) groups excluding carboxylic acids is 2. The predicted molar refractivity (Wildman–Crippen MR) is 57.2 cm³/mol. The number of hydrogen-bond acceptors (Lipinski definition) is 3. The number of nitrogens with one attached hydrogen (secondary N) is 1. The third kappa shape index (κ3) is 6.90. The Morgan fingerprint density at radius 2 is 2.07 bits per heavy atom. The van der Waals surface area contributed by atoms with Crippen LogP contribution in [0.15, 0.2) is 0 Å². The molecule has 0 heterocycles. The summed E-state index contributed by atoms with van der Waals surface area (Å²) < 4.78 is 0. The van der Waals surface area contributed by atoms with Crippen LogP contribution >= 0.6 is 0 Å². The minimum absolute atomic E-state index is 0.0845. The van der Waals surface area contributed by atoms with Crippen LogP contribution in [0.25, 0.3) is 0 Å². The lowest BCUT2D eigenvalue weighted by Gasteiger charge is -2.16. The smallest absolute Gasteiger partial charge is 0.239 e. The van der Waals surface area contributed by atoms with E-state index < -0.39 is 0 Å². The molecule has 0 aromatic rings. The van der Waals surface area contributed by atoms with Crippen LogP contribution in [0.1, 0.15) is 20.3 Å². The van der Waals surface area contributed by atoms with Gasteiger partial charge in [-0.3, -0.25) is 9.59 Å². The Hall–Kier alpha value is -1.10. The van der Waals surface area contributed by atoms with Crippen LogP contribution in [-0.2, 0) is 9.59 Å². The van der Waals surface area contributed by atoms with Crippen molar-refractivity contribution < 1.29 is 14.7 Å². The molecule has 0 aromatic heterocycles. The van der Waals surface area contributed by atoms with Gasteiger partial charge in [-0.05, 0) is 12.3 Å². The molecule has 0 fully saturated rings. The van der Waals surface area contributed by atoms with E-state index in [-0.39, 0.29) is 30.9 Å². The molecule has 5 nitrogen and oxygen atoms in total. The van der Waals surface area contributed by atoms with Crippen molar-refractivity contribution in [1.82, 2.24) is 10.2 Å². The predicted octanol–water partition coefficient (Wildman–Crippen LogP) is -0.401. The van der Waals surface area contributed by atoms with E-state index in [9.17, 15) is 9.59 Å². The third-order valence-electron chi connectivity index (χ3n) is 2.19. The molecule has 2 amide bonds. The van der Waals surface area contributed by atoms with Gasteiger partial charge in [0.05, 0.1) is 6.54 Å². The zero-order valence-corrected chi connectivity index (χ0v) is 9.62. The number of carbonyl (C=O) groups is 2. The highest BCUT2D eigenvalue weighted by Gasteiger charge is 2.09. The molecule has 0 aliphatic heterocycles. The summed E-state index contributed by atoms with van der Waals surface area (Å²) in [4.78, 5) is 23.5. The number of rotatable bonds is 6. The largest absolute Gasteiger partial charge is 0.396 e. The van der Waals surface area contributed by atoms with Gasteiger partial charge in [-0.15, -0.1) is 0 Å². The summed E-state index contributed by atoms with van der Waals surface area (Å²) in [6.45, 7) is 4.11. The summed E-state index contributed by atoms with van der Waals surface area (Å²) in [5, 5.41) is 11.4. The van der Waals surface area contributed by atoms with E-state index >= 15 is 0 Å². The van der Waals surface area contributed by atoms with Crippen LogP contribution in [0.4, 0.5) is 0 Å². The Balaban J connectivity index is 3.70. The normalized spacial score (nSPS) is 12.0. The number of likely N-dealkylation sites (N-methyl/N-ethyl adjacent to an activating group) is 1. The lowest BCUT2D eigenvalue weighted by Crippen LogP contribution is -2.38. The molecule has 2 N–H and O–H groups in total. The lowest BCUT2D eigenvalue weighted by molar-refractivity contribution is -0.133. The SMILES string of the molecule is CC(=O)N(C)CC(=O)NCC(C)CCO. The first-order chi connectivity index (χ1) is 6.97. The average Bonchev–Trinajstić information content (AvgIpc) is 2.15. The summed E-state index contributed by atoms with van der Waals surface area (Å²) in [5.74, 6) is -0.0485. The van der Waals surface area contributed by atoms with Gasteiger partial charge in [0.1, 0.15) is 0 Å². The van der Waals surface area contributed by atoms with Gasteiger partial charge in [0.15, 0.2) is 0 Å². The number of nitrogens with zero attached hydrogens (tertiary/aromatic N) is 1. The molecule has 0 aliphatic rings. The number of hydrogen-bond donors (Lipinski definition) is 2. The molecular weight excluding hydrogens is 196 g/mol. The topological polar surface area (TPSA) is 69.6 Å². The van der Waals surface area contributed by atoms with Crippen molar-refractivity contribution in [3.63, 3.8) is 0 Å². The van der Waals surface area contributed by atoms with Crippen LogP contribution in [0.5, 0.6) is 0 Å². The van der Waals surface area contributed by atoms with Gasteiger partial charge >= 0.3 is 0 Å². The lowest BCUT2D eigenvalue weighted by atomic mass is 10.1. The van der Waals surface area contributed by atoms with E-state index in [1.165, 1.54) is 11.8 Å². The Bertz CT molecular complexity index is 219. The molecule has 0 bridgehead atoms. The molecule has 15 heavy (non-hydrogen) atoms. The Morgan fingerprint density at radius 3 is 2.53 bits per heavy atom. The van der Waals surface area contributed by atoms with E-state index in [4.69, 9.17) is 5.11 Å². The first kappa shape index (κ1) is 13.9. The van der Waals surface area contributed by atoms with Gasteiger partial charge in [-0.25, -0.2) is 0 Å². The second-order valence-corrected chi connectivity index (χ2v) is 3.80. The maximum Gasteiger partial charge on any atom is 0.239 e. The number of amides is 2. The first-order valence-electron chi connectivity index (χ1n) is 5.06. The van der Waals surface area contributed by atoms with Crippen LogP contribution in [0.2, 0.25) is 0 Å². The van der Waals surface area contributed by atoms with Gasteiger partial charge < -0.3 is 15.3 Å².